The summed E-state index contributed by atoms with van der Waals surface area (Å²) in [5, 5.41) is 14.2. The molecule has 0 bridgehead atoms. The SMILES string of the molecule is Cn1c(Cn2cccn2)nnc1[C@H]1CCCN(c2ncnc3[nH]ccc23)C1. The van der Waals surface area contributed by atoms with Gasteiger partial charge in [0.1, 0.15) is 30.2 Å². The summed E-state index contributed by atoms with van der Waals surface area (Å²) in [6.45, 7) is 2.50. The van der Waals surface area contributed by atoms with Crippen molar-refractivity contribution in [2.45, 2.75) is 25.3 Å². The molecular weight excluding hydrogens is 342 g/mol. The number of aromatic amines is 1. The minimum Gasteiger partial charge on any atom is -0.355 e. The summed E-state index contributed by atoms with van der Waals surface area (Å²) < 4.78 is 3.98. The molecule has 1 fully saturated rings. The summed E-state index contributed by atoms with van der Waals surface area (Å²) in [6, 6.07) is 3.96. The molecule has 9 nitrogen and oxygen atoms in total. The van der Waals surface area contributed by atoms with Gasteiger partial charge < -0.3 is 14.5 Å². The lowest BCUT2D eigenvalue weighted by Crippen LogP contribution is -2.36. The van der Waals surface area contributed by atoms with Crippen LogP contribution in [0.15, 0.2) is 37.1 Å². The van der Waals surface area contributed by atoms with E-state index in [2.05, 4.69) is 39.7 Å². The van der Waals surface area contributed by atoms with Crippen LogP contribution < -0.4 is 4.90 Å². The highest BCUT2D eigenvalue weighted by Crippen LogP contribution is 2.31. The van der Waals surface area contributed by atoms with Crippen LogP contribution in [0.5, 0.6) is 0 Å². The molecule has 27 heavy (non-hydrogen) atoms. The predicted octanol–water partition coefficient (Wildman–Crippen LogP) is 1.72. The second-order valence-electron chi connectivity index (χ2n) is 6.96. The van der Waals surface area contributed by atoms with Crippen LogP contribution in [-0.4, -0.2) is 52.6 Å². The van der Waals surface area contributed by atoms with Crippen molar-refractivity contribution in [2.24, 2.45) is 7.05 Å². The number of anilines is 1. The van der Waals surface area contributed by atoms with Crippen LogP contribution in [0.2, 0.25) is 0 Å². The van der Waals surface area contributed by atoms with Gasteiger partial charge in [-0.05, 0) is 25.0 Å². The maximum Gasteiger partial charge on any atom is 0.154 e. The normalized spacial score (nSPS) is 17.7. The zero-order chi connectivity index (χ0) is 18.2. The lowest BCUT2D eigenvalue weighted by molar-refractivity contribution is 0.476. The van der Waals surface area contributed by atoms with Crippen molar-refractivity contribution in [3.05, 3.63) is 48.7 Å². The lowest BCUT2D eigenvalue weighted by atomic mass is 9.97. The molecule has 5 rings (SSSR count). The Bertz CT molecular complexity index is 1050. The molecule has 1 aliphatic heterocycles. The highest BCUT2D eigenvalue weighted by atomic mass is 15.3. The van der Waals surface area contributed by atoms with Gasteiger partial charge in [0.05, 0.1) is 5.39 Å². The van der Waals surface area contributed by atoms with Crippen molar-refractivity contribution in [1.29, 1.82) is 0 Å². The first-order chi connectivity index (χ1) is 13.3. The second kappa shape index (κ2) is 6.49. The van der Waals surface area contributed by atoms with Gasteiger partial charge in [0.2, 0.25) is 0 Å². The second-order valence-corrected chi connectivity index (χ2v) is 6.96. The topological polar surface area (TPSA) is 93.3 Å². The number of hydrogen-bond acceptors (Lipinski definition) is 6. The summed E-state index contributed by atoms with van der Waals surface area (Å²) in [5.74, 6) is 3.26. The Morgan fingerprint density at radius 1 is 1.26 bits per heavy atom. The van der Waals surface area contributed by atoms with Gasteiger partial charge in [-0.2, -0.15) is 5.10 Å². The van der Waals surface area contributed by atoms with E-state index < -0.39 is 0 Å². The first-order valence-corrected chi connectivity index (χ1v) is 9.18. The molecule has 0 saturated carbocycles. The monoisotopic (exact) mass is 363 g/mol. The highest BCUT2D eigenvalue weighted by Gasteiger charge is 2.27. The molecule has 5 heterocycles. The van der Waals surface area contributed by atoms with Crippen LogP contribution in [0.25, 0.3) is 11.0 Å². The van der Waals surface area contributed by atoms with Gasteiger partial charge in [-0.1, -0.05) is 0 Å². The third-order valence-corrected chi connectivity index (χ3v) is 5.28. The fraction of sp³-hybridized carbons (Fsp3) is 0.389. The molecule has 0 unspecified atom stereocenters. The largest absolute Gasteiger partial charge is 0.355 e. The minimum absolute atomic E-state index is 0.326. The fourth-order valence-corrected chi connectivity index (χ4v) is 3.90. The molecule has 1 N–H and O–H groups in total. The first kappa shape index (κ1) is 16.0. The van der Waals surface area contributed by atoms with Crippen molar-refractivity contribution < 1.29 is 0 Å². The van der Waals surface area contributed by atoms with Gasteiger partial charge in [-0.3, -0.25) is 4.68 Å². The van der Waals surface area contributed by atoms with E-state index in [1.54, 1.807) is 12.5 Å². The van der Waals surface area contributed by atoms with E-state index in [4.69, 9.17) is 0 Å². The number of piperidine rings is 1. The smallest absolute Gasteiger partial charge is 0.154 e. The van der Waals surface area contributed by atoms with Gasteiger partial charge in [0.25, 0.3) is 0 Å². The van der Waals surface area contributed by atoms with E-state index in [0.717, 1.165) is 54.4 Å². The first-order valence-electron chi connectivity index (χ1n) is 9.18. The van der Waals surface area contributed by atoms with Gasteiger partial charge >= 0.3 is 0 Å². The molecule has 0 radical (unpaired) electrons. The van der Waals surface area contributed by atoms with Crippen molar-refractivity contribution >= 4 is 16.9 Å². The van der Waals surface area contributed by atoms with E-state index in [1.807, 2.05) is 36.3 Å². The predicted molar refractivity (Wildman–Crippen MR) is 100 cm³/mol. The molecular formula is C18H21N9. The van der Waals surface area contributed by atoms with Crippen molar-refractivity contribution in [3.63, 3.8) is 0 Å². The number of fused-ring (bicyclic) bond motifs is 1. The molecule has 9 heteroatoms. The Kier molecular flexibility index (Phi) is 3.84. The Labute approximate surface area is 156 Å². The maximum atomic E-state index is 4.55. The Morgan fingerprint density at radius 3 is 3.11 bits per heavy atom. The number of aromatic nitrogens is 8. The van der Waals surface area contributed by atoms with Gasteiger partial charge in [0, 0.05) is 44.6 Å². The van der Waals surface area contributed by atoms with Crippen molar-refractivity contribution in [3.8, 4) is 0 Å². The minimum atomic E-state index is 0.326. The molecule has 0 amide bonds. The van der Waals surface area contributed by atoms with Crippen LogP contribution in [0.4, 0.5) is 5.82 Å². The van der Waals surface area contributed by atoms with Crippen molar-refractivity contribution in [1.82, 2.24) is 39.5 Å². The van der Waals surface area contributed by atoms with Crippen LogP contribution in [0.1, 0.15) is 30.4 Å². The molecule has 4 aromatic rings. The zero-order valence-corrected chi connectivity index (χ0v) is 15.2. The van der Waals surface area contributed by atoms with Crippen LogP contribution in [-0.2, 0) is 13.6 Å². The van der Waals surface area contributed by atoms with Gasteiger partial charge in [0.15, 0.2) is 5.82 Å². The quantitative estimate of drug-likeness (QED) is 0.593. The van der Waals surface area contributed by atoms with Gasteiger partial charge in [-0.15, -0.1) is 10.2 Å². The zero-order valence-electron chi connectivity index (χ0n) is 15.2. The summed E-state index contributed by atoms with van der Waals surface area (Å²) in [4.78, 5) is 14.4. The highest BCUT2D eigenvalue weighted by molar-refractivity contribution is 5.87. The molecule has 0 spiro atoms. The standard InChI is InChI=1S/C18H21N9/c1-25-15(11-27-9-3-6-22-27)23-24-17(25)13-4-2-8-26(10-13)18-14-5-7-19-16(14)20-12-21-18/h3,5-7,9,12-13H,2,4,8,10-11H2,1H3,(H,19,20,21)/t13-/m0/s1. The summed E-state index contributed by atoms with van der Waals surface area (Å²) in [6.07, 6.45) is 9.46. The summed E-state index contributed by atoms with van der Waals surface area (Å²) in [7, 11) is 2.04. The van der Waals surface area contributed by atoms with E-state index in [0.29, 0.717) is 12.5 Å². The van der Waals surface area contributed by atoms with Crippen LogP contribution >= 0.6 is 0 Å². The van der Waals surface area contributed by atoms with E-state index >= 15 is 0 Å². The Balaban J connectivity index is 1.40. The number of nitrogens with zero attached hydrogens (tertiary/aromatic N) is 8. The Hall–Kier alpha value is -3.23. The number of rotatable bonds is 4. The summed E-state index contributed by atoms with van der Waals surface area (Å²) in [5.41, 5.74) is 0.877. The third-order valence-electron chi connectivity index (χ3n) is 5.28. The molecule has 1 atom stereocenters. The lowest BCUT2D eigenvalue weighted by Gasteiger charge is -2.33. The number of nitrogens with one attached hydrogen (secondary N) is 1. The van der Waals surface area contributed by atoms with E-state index in [9.17, 15) is 0 Å². The number of hydrogen-bond donors (Lipinski definition) is 1. The molecule has 0 aliphatic carbocycles. The van der Waals surface area contributed by atoms with E-state index in [-0.39, 0.29) is 0 Å². The molecule has 4 aromatic heterocycles. The summed E-state index contributed by atoms with van der Waals surface area (Å²) >= 11 is 0. The molecule has 1 aliphatic rings. The van der Waals surface area contributed by atoms with E-state index in [1.165, 1.54) is 0 Å². The molecule has 138 valence electrons. The van der Waals surface area contributed by atoms with Crippen molar-refractivity contribution in [2.75, 3.05) is 18.0 Å². The average Bonchev–Trinajstić information content (AvgIpc) is 3.44. The average molecular weight is 363 g/mol. The fourth-order valence-electron chi connectivity index (χ4n) is 3.90. The molecule has 1 saturated heterocycles. The number of H-pyrrole nitrogens is 1. The maximum absolute atomic E-state index is 4.55. The van der Waals surface area contributed by atoms with Crippen LogP contribution in [0, 0.1) is 0 Å². The van der Waals surface area contributed by atoms with Crippen LogP contribution in [0.3, 0.4) is 0 Å². The molecule has 0 aromatic carbocycles. The van der Waals surface area contributed by atoms with Gasteiger partial charge in [-0.25, -0.2) is 9.97 Å². The Morgan fingerprint density at radius 2 is 2.22 bits per heavy atom. The third kappa shape index (κ3) is 2.84.